The molecule has 1 aliphatic carbocycles. The number of H-pyrrole nitrogens is 1. The zero-order valence-corrected chi connectivity index (χ0v) is 14.4. The topological polar surface area (TPSA) is 86.5 Å². The summed E-state index contributed by atoms with van der Waals surface area (Å²) in [4.78, 5) is 18.0. The number of aromatic nitrogens is 2. The highest BCUT2D eigenvalue weighted by atomic mass is 16.5. The molecule has 0 saturated heterocycles. The van der Waals surface area contributed by atoms with Gasteiger partial charge in [0.05, 0.1) is 11.8 Å². The Balaban J connectivity index is 1.78. The van der Waals surface area contributed by atoms with E-state index in [-0.39, 0.29) is 5.91 Å². The van der Waals surface area contributed by atoms with Crippen LogP contribution in [0.5, 0.6) is 0 Å². The Morgan fingerprint density at radius 3 is 2.92 bits per heavy atom. The molecule has 0 atom stereocenters. The van der Waals surface area contributed by atoms with E-state index in [0.717, 1.165) is 25.1 Å². The Bertz CT molecular complexity index is 858. The third kappa shape index (κ3) is 2.91. The van der Waals surface area contributed by atoms with E-state index in [0.29, 0.717) is 17.0 Å². The van der Waals surface area contributed by atoms with Gasteiger partial charge in [-0.15, -0.1) is 0 Å². The first-order valence-electron chi connectivity index (χ1n) is 8.52. The Morgan fingerprint density at radius 1 is 1.32 bits per heavy atom. The van der Waals surface area contributed by atoms with Gasteiger partial charge in [0.25, 0.3) is 5.91 Å². The van der Waals surface area contributed by atoms with Crippen molar-refractivity contribution in [3.63, 3.8) is 0 Å². The summed E-state index contributed by atoms with van der Waals surface area (Å²) < 4.78 is 5.18. The number of amides is 1. The fourth-order valence-electron chi connectivity index (χ4n) is 3.54. The van der Waals surface area contributed by atoms with Gasteiger partial charge < -0.3 is 14.4 Å². The molecule has 4 rings (SSSR count). The van der Waals surface area contributed by atoms with E-state index in [1.54, 1.807) is 12.3 Å². The Morgan fingerprint density at radius 2 is 2.16 bits per heavy atom. The van der Waals surface area contributed by atoms with Crippen LogP contribution in [0.2, 0.25) is 0 Å². The van der Waals surface area contributed by atoms with E-state index in [1.807, 2.05) is 6.08 Å². The minimum absolute atomic E-state index is 0.227. The molecule has 2 aromatic heterocycles. The fourth-order valence-corrected chi connectivity index (χ4v) is 3.54. The van der Waals surface area contributed by atoms with Gasteiger partial charge in [0, 0.05) is 24.0 Å². The van der Waals surface area contributed by atoms with Gasteiger partial charge in [-0.2, -0.15) is 5.10 Å². The summed E-state index contributed by atoms with van der Waals surface area (Å²) in [6.45, 7) is 0.835. The zero-order chi connectivity index (χ0) is 17.4. The lowest BCUT2D eigenvalue weighted by Gasteiger charge is -2.15. The van der Waals surface area contributed by atoms with Gasteiger partial charge in [-0.25, -0.2) is 5.43 Å². The number of carbonyl (C=O) groups excluding carboxylic acids is 1. The highest BCUT2D eigenvalue weighted by molar-refractivity contribution is 6.32. The average molecular weight is 339 g/mol. The minimum Gasteiger partial charge on any atom is -0.358 e. The van der Waals surface area contributed by atoms with Crippen molar-refractivity contribution in [2.24, 2.45) is 5.10 Å². The van der Waals surface area contributed by atoms with E-state index in [4.69, 9.17) is 4.52 Å². The first-order chi connectivity index (χ1) is 12.1. The van der Waals surface area contributed by atoms with E-state index in [9.17, 15) is 4.79 Å². The van der Waals surface area contributed by atoms with Crippen LogP contribution in [0.1, 0.15) is 41.1 Å². The molecule has 0 radical (unpaired) electrons. The summed E-state index contributed by atoms with van der Waals surface area (Å²) in [6, 6.07) is 1.70. The van der Waals surface area contributed by atoms with E-state index >= 15 is 0 Å². The number of carbonyl (C=O) groups is 1. The number of hydrazone groups is 1. The second kappa shape index (κ2) is 6.33. The minimum atomic E-state index is -0.227. The molecule has 2 N–H and O–H groups in total. The summed E-state index contributed by atoms with van der Waals surface area (Å²) in [6.07, 6.45) is 8.01. The monoisotopic (exact) mass is 339 g/mol. The largest absolute Gasteiger partial charge is 0.358 e. The number of fused-ring (bicyclic) bond motifs is 1. The second-order valence-electron chi connectivity index (χ2n) is 6.76. The van der Waals surface area contributed by atoms with Crippen molar-refractivity contribution in [1.82, 2.24) is 20.5 Å². The first-order valence-corrected chi connectivity index (χ1v) is 8.52. The summed E-state index contributed by atoms with van der Waals surface area (Å²) in [7, 11) is 4.12. The molecule has 1 amide bonds. The molecule has 0 fully saturated rings. The molecular formula is C18H21N5O2. The average Bonchev–Trinajstić information content (AvgIpc) is 3.29. The van der Waals surface area contributed by atoms with Gasteiger partial charge in [-0.3, -0.25) is 4.79 Å². The maximum Gasteiger partial charge on any atom is 0.273 e. The smallest absolute Gasteiger partial charge is 0.273 e. The molecule has 1 aliphatic heterocycles. The van der Waals surface area contributed by atoms with Gasteiger partial charge in [0.2, 0.25) is 0 Å². The summed E-state index contributed by atoms with van der Waals surface area (Å²) >= 11 is 0. The predicted octanol–water partition coefficient (Wildman–Crippen LogP) is 1.86. The van der Waals surface area contributed by atoms with Crippen LogP contribution in [-0.4, -0.2) is 40.8 Å². The van der Waals surface area contributed by atoms with Crippen molar-refractivity contribution in [2.75, 3.05) is 14.1 Å². The summed E-state index contributed by atoms with van der Waals surface area (Å²) in [5, 5.41) is 7.81. The molecule has 0 unspecified atom stereocenters. The van der Waals surface area contributed by atoms with Crippen molar-refractivity contribution in [2.45, 2.75) is 32.2 Å². The molecule has 25 heavy (non-hydrogen) atoms. The molecule has 2 aliphatic rings. The lowest BCUT2D eigenvalue weighted by Crippen LogP contribution is -2.15. The van der Waals surface area contributed by atoms with Gasteiger partial charge in [0.15, 0.2) is 5.76 Å². The van der Waals surface area contributed by atoms with Crippen LogP contribution in [0.4, 0.5) is 0 Å². The number of nitrogens with zero attached hydrogens (tertiary/aromatic N) is 3. The Hall–Kier alpha value is -2.67. The third-order valence-corrected chi connectivity index (χ3v) is 4.65. The molecule has 0 bridgehead atoms. The van der Waals surface area contributed by atoms with Crippen LogP contribution in [0.15, 0.2) is 27.5 Å². The lowest BCUT2D eigenvalue weighted by atomic mass is 9.94. The van der Waals surface area contributed by atoms with E-state index in [2.05, 4.69) is 39.7 Å². The maximum absolute atomic E-state index is 12.3. The fraction of sp³-hybridized carbons (Fsp3) is 0.389. The highest BCUT2D eigenvalue weighted by Crippen LogP contribution is 2.30. The van der Waals surface area contributed by atoms with Crippen LogP contribution < -0.4 is 5.43 Å². The van der Waals surface area contributed by atoms with Gasteiger partial charge in [-0.1, -0.05) is 5.16 Å². The Labute approximate surface area is 145 Å². The van der Waals surface area contributed by atoms with Gasteiger partial charge in [0.1, 0.15) is 5.71 Å². The summed E-state index contributed by atoms with van der Waals surface area (Å²) in [5.74, 6) is 0.254. The quantitative estimate of drug-likeness (QED) is 0.833. The van der Waals surface area contributed by atoms with Crippen LogP contribution in [-0.2, 0) is 24.2 Å². The molecule has 3 heterocycles. The van der Waals surface area contributed by atoms with Crippen LogP contribution in [0.3, 0.4) is 0 Å². The summed E-state index contributed by atoms with van der Waals surface area (Å²) in [5.41, 5.74) is 8.46. The number of nitrogens with one attached hydrogen (secondary N) is 2. The number of aryl methyl sites for hydroxylation is 1. The van der Waals surface area contributed by atoms with E-state index < -0.39 is 0 Å². The molecule has 2 aromatic rings. The van der Waals surface area contributed by atoms with Crippen LogP contribution in [0.25, 0.3) is 6.08 Å². The number of hydrogen-bond donors (Lipinski definition) is 2. The highest BCUT2D eigenvalue weighted by Gasteiger charge is 2.28. The van der Waals surface area contributed by atoms with Crippen molar-refractivity contribution in [1.29, 1.82) is 0 Å². The predicted molar refractivity (Wildman–Crippen MR) is 94.0 cm³/mol. The lowest BCUT2D eigenvalue weighted by molar-refractivity contribution is -0.116. The molecule has 7 nitrogen and oxygen atoms in total. The van der Waals surface area contributed by atoms with Gasteiger partial charge >= 0.3 is 0 Å². The maximum atomic E-state index is 12.3. The normalized spacial score (nSPS) is 18.6. The number of hydrogen-bond acceptors (Lipinski definition) is 5. The molecule has 0 aromatic carbocycles. The molecular weight excluding hydrogens is 318 g/mol. The van der Waals surface area contributed by atoms with E-state index in [1.165, 1.54) is 29.7 Å². The third-order valence-electron chi connectivity index (χ3n) is 4.65. The van der Waals surface area contributed by atoms with Crippen LogP contribution in [0, 0.1) is 0 Å². The molecule has 0 spiro atoms. The Kier molecular flexibility index (Phi) is 4.01. The molecule has 7 heteroatoms. The second-order valence-corrected chi connectivity index (χ2v) is 6.76. The van der Waals surface area contributed by atoms with Crippen molar-refractivity contribution in [3.05, 3.63) is 46.1 Å². The molecule has 0 saturated carbocycles. The zero-order valence-electron chi connectivity index (χ0n) is 14.4. The van der Waals surface area contributed by atoms with Crippen molar-refractivity contribution >= 4 is 17.7 Å². The number of aromatic amines is 1. The molecule has 130 valence electrons. The standard InChI is InChI=1S/C18H21N5O2/c1-23(2)10-13-11-5-3-4-6-14(11)20-15(13)9-12-17(21-22-18(12)24)16-7-8-19-25-16/h7-9,20H,3-6,10H2,1-2H3,(H,22,24). The van der Waals surface area contributed by atoms with Gasteiger partial charge in [-0.05, 0) is 57.0 Å². The van der Waals surface area contributed by atoms with Crippen molar-refractivity contribution < 1.29 is 9.32 Å². The van der Waals surface area contributed by atoms with Crippen LogP contribution >= 0.6 is 0 Å². The number of rotatable bonds is 4. The SMILES string of the molecule is CN(C)Cc1c(C=C2C(=O)NN=C2c2ccno2)[nH]c2c1CCCC2. The van der Waals surface area contributed by atoms with Crippen molar-refractivity contribution in [3.8, 4) is 0 Å². The first kappa shape index (κ1) is 15.8.